The van der Waals surface area contributed by atoms with Gasteiger partial charge in [-0.3, -0.25) is 23.4 Å². The number of anilines is 1. The fraction of sp³-hybridized carbons (Fsp3) is 0.368. The molecule has 1 aliphatic rings. The summed E-state index contributed by atoms with van der Waals surface area (Å²) in [5.74, 6) is -0.145. The van der Waals surface area contributed by atoms with E-state index < -0.39 is 21.3 Å². The SMILES string of the molecule is Cn1c(=O)[nH]c(=O)c2[nH]c(CCC(=O)NCCS(=O)(=O)N3CCc4ccccc43)nc21. The van der Waals surface area contributed by atoms with Gasteiger partial charge in [-0.05, 0) is 18.1 Å². The van der Waals surface area contributed by atoms with Crippen LogP contribution < -0.4 is 20.9 Å². The molecule has 31 heavy (non-hydrogen) atoms. The minimum Gasteiger partial charge on any atom is -0.355 e. The quantitative estimate of drug-likeness (QED) is 0.441. The Morgan fingerprint density at radius 2 is 2.00 bits per heavy atom. The van der Waals surface area contributed by atoms with Gasteiger partial charge in [0.2, 0.25) is 15.9 Å². The van der Waals surface area contributed by atoms with Crippen molar-refractivity contribution in [3.8, 4) is 0 Å². The van der Waals surface area contributed by atoms with E-state index in [1.807, 2.05) is 12.1 Å². The number of rotatable bonds is 7. The largest absolute Gasteiger partial charge is 0.355 e. The summed E-state index contributed by atoms with van der Waals surface area (Å²) >= 11 is 0. The molecule has 0 unspecified atom stereocenters. The molecule has 0 atom stereocenters. The highest BCUT2D eigenvalue weighted by atomic mass is 32.2. The molecule has 1 amide bonds. The van der Waals surface area contributed by atoms with E-state index in [1.165, 1.54) is 15.9 Å². The monoisotopic (exact) mass is 446 g/mol. The molecule has 12 heteroatoms. The smallest absolute Gasteiger partial charge is 0.329 e. The van der Waals surface area contributed by atoms with E-state index in [4.69, 9.17) is 0 Å². The molecule has 0 bridgehead atoms. The van der Waals surface area contributed by atoms with Crippen LogP contribution in [0.4, 0.5) is 5.69 Å². The Morgan fingerprint density at radius 1 is 1.23 bits per heavy atom. The molecule has 0 aliphatic carbocycles. The Bertz CT molecular complexity index is 1370. The van der Waals surface area contributed by atoms with E-state index >= 15 is 0 Å². The van der Waals surface area contributed by atoms with E-state index in [2.05, 4.69) is 20.3 Å². The number of aryl methyl sites for hydroxylation is 2. The molecular weight excluding hydrogens is 424 g/mol. The summed E-state index contributed by atoms with van der Waals surface area (Å²) in [5, 5.41) is 2.61. The van der Waals surface area contributed by atoms with Crippen molar-refractivity contribution in [3.63, 3.8) is 0 Å². The number of fused-ring (bicyclic) bond motifs is 2. The van der Waals surface area contributed by atoms with Crippen LogP contribution in [-0.2, 0) is 34.7 Å². The van der Waals surface area contributed by atoms with Crippen molar-refractivity contribution in [2.45, 2.75) is 19.3 Å². The number of sulfonamides is 1. The fourth-order valence-electron chi connectivity index (χ4n) is 3.62. The lowest BCUT2D eigenvalue weighted by molar-refractivity contribution is -0.120. The molecule has 3 aromatic rings. The van der Waals surface area contributed by atoms with Crippen molar-refractivity contribution in [2.75, 3.05) is 23.1 Å². The number of nitrogens with one attached hydrogen (secondary N) is 3. The number of aromatic amines is 2. The number of carbonyl (C=O) groups is 1. The predicted molar refractivity (Wildman–Crippen MR) is 115 cm³/mol. The molecule has 0 saturated heterocycles. The van der Waals surface area contributed by atoms with Gasteiger partial charge in [-0.2, -0.15) is 0 Å². The second-order valence-corrected chi connectivity index (χ2v) is 9.33. The zero-order chi connectivity index (χ0) is 22.2. The molecule has 0 saturated carbocycles. The van der Waals surface area contributed by atoms with Gasteiger partial charge in [0.15, 0.2) is 5.65 Å². The first-order valence-electron chi connectivity index (χ1n) is 9.79. The summed E-state index contributed by atoms with van der Waals surface area (Å²) < 4.78 is 27.9. The number of amides is 1. The van der Waals surface area contributed by atoms with Crippen LogP contribution in [0, 0.1) is 0 Å². The summed E-state index contributed by atoms with van der Waals surface area (Å²) in [6, 6.07) is 7.38. The van der Waals surface area contributed by atoms with Gasteiger partial charge in [-0.15, -0.1) is 0 Å². The highest BCUT2D eigenvalue weighted by Crippen LogP contribution is 2.29. The van der Waals surface area contributed by atoms with E-state index in [0.717, 1.165) is 5.56 Å². The molecule has 0 fully saturated rings. The molecule has 0 spiro atoms. The van der Waals surface area contributed by atoms with Gasteiger partial charge < -0.3 is 10.3 Å². The van der Waals surface area contributed by atoms with Crippen LogP contribution in [-0.4, -0.2) is 52.7 Å². The van der Waals surface area contributed by atoms with Crippen molar-refractivity contribution in [2.24, 2.45) is 7.05 Å². The van der Waals surface area contributed by atoms with E-state index in [9.17, 15) is 22.8 Å². The number of benzene rings is 1. The Morgan fingerprint density at radius 3 is 2.81 bits per heavy atom. The summed E-state index contributed by atoms with van der Waals surface area (Å²) in [6.45, 7) is 0.400. The van der Waals surface area contributed by atoms with Crippen molar-refractivity contribution >= 4 is 32.8 Å². The molecular formula is C19H22N6O5S. The maximum atomic E-state index is 12.6. The number of H-pyrrole nitrogens is 2. The van der Waals surface area contributed by atoms with Crippen LogP contribution in [0.25, 0.3) is 11.2 Å². The van der Waals surface area contributed by atoms with Crippen LogP contribution in [0.15, 0.2) is 33.9 Å². The van der Waals surface area contributed by atoms with Crippen molar-refractivity contribution < 1.29 is 13.2 Å². The van der Waals surface area contributed by atoms with Crippen LogP contribution >= 0.6 is 0 Å². The Balaban J connectivity index is 1.32. The summed E-state index contributed by atoms with van der Waals surface area (Å²) in [7, 11) is -2.05. The minimum atomic E-state index is -3.54. The number of imidazole rings is 1. The number of hydrogen-bond acceptors (Lipinski definition) is 6. The maximum absolute atomic E-state index is 12.6. The van der Waals surface area contributed by atoms with Gasteiger partial charge >= 0.3 is 5.69 Å². The number of nitrogens with zero attached hydrogens (tertiary/aromatic N) is 3. The topological polar surface area (TPSA) is 150 Å². The third-order valence-electron chi connectivity index (χ3n) is 5.25. The predicted octanol–water partition coefficient (Wildman–Crippen LogP) is -0.609. The first-order chi connectivity index (χ1) is 14.8. The first-order valence-corrected chi connectivity index (χ1v) is 11.4. The molecule has 3 N–H and O–H groups in total. The molecule has 3 heterocycles. The van der Waals surface area contributed by atoms with Gasteiger partial charge in [0.1, 0.15) is 11.3 Å². The van der Waals surface area contributed by atoms with E-state index in [-0.39, 0.29) is 42.2 Å². The highest BCUT2D eigenvalue weighted by Gasteiger charge is 2.28. The second-order valence-electron chi connectivity index (χ2n) is 7.32. The molecule has 2 aromatic heterocycles. The first kappa shape index (κ1) is 20.8. The third-order valence-corrected chi connectivity index (χ3v) is 7.03. The third kappa shape index (κ3) is 4.10. The second kappa shape index (κ2) is 8.02. The fourth-order valence-corrected chi connectivity index (χ4v) is 5.05. The van der Waals surface area contributed by atoms with Crippen molar-refractivity contribution in [1.82, 2.24) is 24.8 Å². The molecule has 4 rings (SSSR count). The Hall–Kier alpha value is -3.41. The standard InChI is InChI=1S/C19H22N6O5S/c1-24-17-16(18(27)23-19(24)28)21-14(22-17)6-7-15(26)20-9-11-31(29,30)25-10-8-12-4-2-3-5-13(12)25/h2-5H,6-11H2,1H3,(H,20,26)(H,21,22)(H,23,27,28). The van der Waals surface area contributed by atoms with Crippen LogP contribution in [0.1, 0.15) is 17.8 Å². The molecule has 1 aliphatic heterocycles. The molecule has 0 radical (unpaired) electrons. The maximum Gasteiger partial charge on any atom is 0.329 e. The summed E-state index contributed by atoms with van der Waals surface area (Å²) in [5.41, 5.74) is 0.918. The number of hydrogen-bond donors (Lipinski definition) is 3. The summed E-state index contributed by atoms with van der Waals surface area (Å²) in [6.07, 6.45) is 0.937. The average molecular weight is 446 g/mol. The minimum absolute atomic E-state index is 0.00582. The van der Waals surface area contributed by atoms with Crippen LogP contribution in [0.5, 0.6) is 0 Å². The van der Waals surface area contributed by atoms with Crippen molar-refractivity contribution in [3.05, 3.63) is 56.5 Å². The van der Waals surface area contributed by atoms with E-state index in [1.54, 1.807) is 12.1 Å². The van der Waals surface area contributed by atoms with E-state index in [0.29, 0.717) is 24.5 Å². The number of para-hydroxylation sites is 1. The molecule has 164 valence electrons. The normalized spacial score (nSPS) is 13.5. The number of carbonyl (C=O) groups excluding carboxylic acids is 1. The van der Waals surface area contributed by atoms with Crippen LogP contribution in [0.2, 0.25) is 0 Å². The average Bonchev–Trinajstić information content (AvgIpc) is 3.36. The van der Waals surface area contributed by atoms with Crippen molar-refractivity contribution in [1.29, 1.82) is 0 Å². The lowest BCUT2D eigenvalue weighted by atomic mass is 10.2. The van der Waals surface area contributed by atoms with Gasteiger partial charge in [0.25, 0.3) is 5.56 Å². The van der Waals surface area contributed by atoms with Gasteiger partial charge in [-0.1, -0.05) is 18.2 Å². The summed E-state index contributed by atoms with van der Waals surface area (Å²) in [4.78, 5) is 44.8. The zero-order valence-electron chi connectivity index (χ0n) is 16.8. The zero-order valence-corrected chi connectivity index (χ0v) is 17.7. The molecule has 11 nitrogen and oxygen atoms in total. The lowest BCUT2D eigenvalue weighted by Crippen LogP contribution is -2.37. The number of aromatic nitrogens is 4. The lowest BCUT2D eigenvalue weighted by Gasteiger charge is -2.19. The Kier molecular flexibility index (Phi) is 5.39. The van der Waals surface area contributed by atoms with Gasteiger partial charge in [-0.25, -0.2) is 18.2 Å². The van der Waals surface area contributed by atoms with Gasteiger partial charge in [0.05, 0.1) is 11.4 Å². The molecule has 1 aromatic carbocycles. The highest BCUT2D eigenvalue weighted by molar-refractivity contribution is 7.92. The van der Waals surface area contributed by atoms with Gasteiger partial charge in [0, 0.05) is 33.0 Å². The van der Waals surface area contributed by atoms with Crippen LogP contribution in [0.3, 0.4) is 0 Å². The Labute approximate surface area is 177 Å².